The number of ether oxygens (including phenoxy) is 2. The summed E-state index contributed by atoms with van der Waals surface area (Å²) >= 11 is 0. The zero-order chi connectivity index (χ0) is 41.4. The minimum absolute atomic E-state index is 0.0441. The minimum Gasteiger partial charge on any atom is -0.488 e. The Labute approximate surface area is 325 Å². The van der Waals surface area contributed by atoms with E-state index in [-0.39, 0.29) is 46.9 Å². The number of nitrogens with zero attached hydrogens (tertiary/aromatic N) is 2. The summed E-state index contributed by atoms with van der Waals surface area (Å²) in [5, 5.41) is 21.1. The molecular formula is C41H38F5N3O7S. The Morgan fingerprint density at radius 1 is 0.895 bits per heavy atom. The van der Waals surface area contributed by atoms with Gasteiger partial charge in [-0.1, -0.05) is 51.1 Å². The zero-order valence-corrected chi connectivity index (χ0v) is 31.9. The first-order valence-corrected chi connectivity index (χ1v) is 19.4. The predicted octanol–water partition coefficient (Wildman–Crippen LogP) is 8.14. The van der Waals surface area contributed by atoms with Gasteiger partial charge in [-0.3, -0.25) is 4.79 Å². The average molecular weight is 812 g/mol. The molecule has 0 radical (unpaired) electrons. The highest BCUT2D eigenvalue weighted by atomic mass is 32.2. The van der Waals surface area contributed by atoms with Crippen LogP contribution < -0.4 is 14.8 Å². The van der Waals surface area contributed by atoms with Gasteiger partial charge in [-0.25, -0.2) is 35.2 Å². The lowest BCUT2D eigenvalue weighted by molar-refractivity contribution is -0.120. The van der Waals surface area contributed by atoms with Crippen LogP contribution in [0.5, 0.6) is 11.5 Å². The van der Waals surface area contributed by atoms with Crippen molar-refractivity contribution < 1.29 is 54.5 Å². The summed E-state index contributed by atoms with van der Waals surface area (Å²) in [6.07, 6.45) is 2.35. The van der Waals surface area contributed by atoms with Gasteiger partial charge in [-0.2, -0.15) is 9.57 Å². The molecular weight excluding hydrogens is 774 g/mol. The summed E-state index contributed by atoms with van der Waals surface area (Å²) in [5.41, 5.74) is 1.65. The first-order valence-electron chi connectivity index (χ1n) is 18.0. The number of halogens is 5. The van der Waals surface area contributed by atoms with E-state index in [1.165, 1.54) is 42.5 Å². The molecule has 0 heterocycles. The molecule has 57 heavy (non-hydrogen) atoms. The molecule has 16 heteroatoms. The summed E-state index contributed by atoms with van der Waals surface area (Å²) in [4.78, 5) is 24.4. The monoisotopic (exact) mass is 811 g/mol. The molecule has 2 saturated carbocycles. The number of nitrogens with one attached hydrogen (secondary N) is 1. The highest BCUT2D eigenvalue weighted by Gasteiger charge is 2.43. The maximum atomic E-state index is 15.5. The van der Waals surface area contributed by atoms with E-state index < -0.39 is 80.3 Å². The van der Waals surface area contributed by atoms with E-state index in [9.17, 15) is 36.3 Å². The molecule has 0 aliphatic heterocycles. The quantitative estimate of drug-likeness (QED) is 0.0696. The van der Waals surface area contributed by atoms with Crippen LogP contribution in [0.15, 0.2) is 65.6 Å². The van der Waals surface area contributed by atoms with Gasteiger partial charge in [0.2, 0.25) is 21.7 Å². The van der Waals surface area contributed by atoms with Crippen LogP contribution in [0, 0.1) is 40.4 Å². The van der Waals surface area contributed by atoms with Gasteiger partial charge in [-0.15, -0.1) is 0 Å². The highest BCUT2D eigenvalue weighted by molar-refractivity contribution is 7.89. The first kappa shape index (κ1) is 41.1. The molecule has 2 aliphatic rings. The molecule has 1 atom stereocenters. The van der Waals surface area contributed by atoms with Gasteiger partial charge in [0.05, 0.1) is 17.4 Å². The van der Waals surface area contributed by atoms with Gasteiger partial charge in [0.15, 0.2) is 34.8 Å². The fourth-order valence-corrected chi connectivity index (χ4v) is 7.88. The van der Waals surface area contributed by atoms with E-state index in [1.54, 1.807) is 18.2 Å². The number of aromatic carboxylic acids is 1. The Hall–Kier alpha value is -5.53. The Balaban J connectivity index is 1.54. The van der Waals surface area contributed by atoms with Gasteiger partial charge in [0, 0.05) is 6.54 Å². The maximum absolute atomic E-state index is 15.5. The first-order chi connectivity index (χ1) is 26.9. The number of rotatable bonds is 15. The number of nitriles is 1. The minimum atomic E-state index is -5.80. The second kappa shape index (κ2) is 16.1. The van der Waals surface area contributed by atoms with Crippen LogP contribution in [0.2, 0.25) is 0 Å². The lowest BCUT2D eigenvalue weighted by Crippen LogP contribution is -2.48. The fourth-order valence-electron chi connectivity index (χ4n) is 6.19. The summed E-state index contributed by atoms with van der Waals surface area (Å²) in [7, 11) is -5.80. The number of amides is 1. The van der Waals surface area contributed by atoms with Gasteiger partial charge in [-0.05, 0) is 96.0 Å². The molecule has 4 aromatic carbocycles. The van der Waals surface area contributed by atoms with Crippen LogP contribution in [0.3, 0.4) is 0 Å². The Kier molecular flexibility index (Phi) is 11.6. The van der Waals surface area contributed by atoms with E-state index in [1.807, 2.05) is 26.8 Å². The van der Waals surface area contributed by atoms with Crippen LogP contribution in [0.25, 0.3) is 0 Å². The van der Waals surface area contributed by atoms with Gasteiger partial charge in [0.25, 0.3) is 0 Å². The van der Waals surface area contributed by atoms with Crippen molar-refractivity contribution in [2.75, 3.05) is 11.9 Å². The van der Waals surface area contributed by atoms with E-state index >= 15 is 8.78 Å². The Morgan fingerprint density at radius 2 is 1.53 bits per heavy atom. The standard InChI is InChI=1S/C41H38F5N3O7S/c1-41(2,3)27-17-23(16-26(19-27)24-6-7-24)18-31(39(50)48-30-13-8-25(40(51)52)20-32(30)56-29-11-12-29)49(21-22-4-9-28(10-5-22)55-15-14-47)57(53,54)38-36(45)34(43)33(42)35(44)37(38)46/h4-5,8-10,13,16-17,19-20,24,29,31H,6-7,11-12,15,18,21H2,1-3H3,(H,48,50)(H,51,52). The van der Waals surface area contributed by atoms with Crippen molar-refractivity contribution in [3.05, 3.63) is 118 Å². The summed E-state index contributed by atoms with van der Waals surface area (Å²) in [6, 6.07) is 14.5. The largest absolute Gasteiger partial charge is 0.488 e. The molecule has 2 aliphatic carbocycles. The van der Waals surface area contributed by atoms with Crippen LogP contribution >= 0.6 is 0 Å². The smallest absolute Gasteiger partial charge is 0.335 e. The van der Waals surface area contributed by atoms with Crippen molar-refractivity contribution in [3.8, 4) is 17.6 Å². The molecule has 1 amide bonds. The molecule has 0 aromatic heterocycles. The number of benzene rings is 4. The second-order valence-electron chi connectivity index (χ2n) is 15.1. The van der Waals surface area contributed by atoms with Crippen LogP contribution in [0.4, 0.5) is 27.6 Å². The predicted molar refractivity (Wildman–Crippen MR) is 197 cm³/mol. The summed E-state index contributed by atoms with van der Waals surface area (Å²) in [6.45, 7) is 4.73. The number of carboxylic acids is 1. The maximum Gasteiger partial charge on any atom is 0.335 e. The normalized spacial score (nSPS) is 14.9. The van der Waals surface area contributed by atoms with E-state index in [4.69, 9.17) is 14.7 Å². The molecule has 2 N–H and O–H groups in total. The van der Waals surface area contributed by atoms with Gasteiger partial charge < -0.3 is 19.9 Å². The van der Waals surface area contributed by atoms with E-state index in [2.05, 4.69) is 5.32 Å². The number of carboxylic acid groups (broad SMARTS) is 1. The SMILES string of the molecule is CC(C)(C)c1cc(CC(C(=O)Nc2ccc(C(=O)O)cc2OC2CC2)N(Cc2ccc(OCC#N)cc2)S(=O)(=O)c2c(F)c(F)c(F)c(F)c2F)cc(C2CC2)c1. The van der Waals surface area contributed by atoms with Crippen molar-refractivity contribution >= 4 is 27.6 Å². The van der Waals surface area contributed by atoms with Gasteiger partial charge in [0.1, 0.15) is 23.6 Å². The Bertz CT molecular complexity index is 2340. The topological polar surface area (TPSA) is 146 Å². The molecule has 1 unspecified atom stereocenters. The van der Waals surface area contributed by atoms with E-state index in [0.29, 0.717) is 22.7 Å². The van der Waals surface area contributed by atoms with Crippen LogP contribution in [-0.2, 0) is 33.2 Å². The molecule has 10 nitrogen and oxygen atoms in total. The zero-order valence-electron chi connectivity index (χ0n) is 31.0. The number of carbonyl (C=O) groups excluding carboxylic acids is 1. The molecule has 0 saturated heterocycles. The van der Waals surface area contributed by atoms with E-state index in [0.717, 1.165) is 24.0 Å². The fraction of sp³-hybridized carbons (Fsp3) is 0.341. The third-order valence-corrected chi connectivity index (χ3v) is 11.5. The van der Waals surface area contributed by atoms with Crippen molar-refractivity contribution in [2.45, 2.75) is 87.8 Å². The third kappa shape index (κ3) is 9.21. The van der Waals surface area contributed by atoms with Crippen molar-refractivity contribution in [3.63, 3.8) is 0 Å². The Morgan fingerprint density at radius 3 is 2.09 bits per heavy atom. The number of anilines is 1. The van der Waals surface area contributed by atoms with Crippen molar-refractivity contribution in [1.82, 2.24) is 4.31 Å². The molecule has 4 aromatic rings. The van der Waals surface area contributed by atoms with Crippen LogP contribution in [-0.4, -0.2) is 48.5 Å². The molecule has 300 valence electrons. The summed E-state index contributed by atoms with van der Waals surface area (Å²) < 4.78 is 115. The number of hydrogen-bond donors (Lipinski definition) is 2. The molecule has 2 fully saturated rings. The molecule has 0 bridgehead atoms. The number of hydrogen-bond acceptors (Lipinski definition) is 7. The average Bonchev–Trinajstić information content (AvgIpc) is 4.10. The lowest BCUT2D eigenvalue weighted by atomic mass is 9.83. The molecule has 6 rings (SSSR count). The highest BCUT2D eigenvalue weighted by Crippen LogP contribution is 2.42. The van der Waals surface area contributed by atoms with Crippen LogP contribution in [0.1, 0.15) is 85.0 Å². The second-order valence-corrected chi connectivity index (χ2v) is 16.9. The summed E-state index contributed by atoms with van der Waals surface area (Å²) in [5.74, 6) is -14.8. The number of carbonyl (C=O) groups is 2. The van der Waals surface area contributed by atoms with Crippen molar-refractivity contribution in [1.29, 1.82) is 5.26 Å². The third-order valence-electron chi connectivity index (χ3n) is 9.62. The van der Waals surface area contributed by atoms with Gasteiger partial charge >= 0.3 is 5.97 Å². The van der Waals surface area contributed by atoms with Crippen molar-refractivity contribution in [2.24, 2.45) is 0 Å². The number of sulfonamides is 1. The lowest BCUT2D eigenvalue weighted by Gasteiger charge is -2.31. The molecule has 0 spiro atoms.